The van der Waals surface area contributed by atoms with Crippen LogP contribution in [-0.2, 0) is 4.79 Å². The van der Waals surface area contributed by atoms with Crippen molar-refractivity contribution in [3.8, 4) is 0 Å². The molecular weight excluding hydrogens is 330 g/mol. The number of nitrogens with zero attached hydrogens (tertiary/aromatic N) is 4. The van der Waals surface area contributed by atoms with Crippen LogP contribution in [0.25, 0.3) is 11.0 Å². The van der Waals surface area contributed by atoms with Crippen LogP contribution in [0.15, 0.2) is 18.6 Å². The molecule has 4 rings (SSSR count). The number of hydrogen-bond donors (Lipinski definition) is 2. The smallest absolute Gasteiger partial charge is 0.251 e. The monoisotopic (exact) mass is 357 g/mol. The van der Waals surface area contributed by atoms with E-state index in [2.05, 4.69) is 26.9 Å². The van der Waals surface area contributed by atoms with Gasteiger partial charge in [-0.1, -0.05) is 13.8 Å². The second-order valence-corrected chi connectivity index (χ2v) is 8.13. The molecule has 26 heavy (non-hydrogen) atoms. The topological polar surface area (TPSA) is 85.3 Å². The molecule has 4 atom stereocenters. The summed E-state index contributed by atoms with van der Waals surface area (Å²) < 4.78 is 0. The van der Waals surface area contributed by atoms with Gasteiger partial charge in [0.25, 0.3) is 5.91 Å². The van der Waals surface area contributed by atoms with Gasteiger partial charge in [-0.25, -0.2) is 9.97 Å². The molecule has 2 fully saturated rings. The minimum Gasteiger partial charge on any atom is -0.383 e. The lowest BCUT2D eigenvalue weighted by atomic mass is 10.0. The van der Waals surface area contributed by atoms with Crippen molar-refractivity contribution >= 4 is 22.8 Å². The van der Waals surface area contributed by atoms with Crippen molar-refractivity contribution in [2.75, 3.05) is 25.0 Å². The Morgan fingerprint density at radius 3 is 2.65 bits per heavy atom. The molecule has 1 aliphatic carbocycles. The average molecular weight is 357 g/mol. The Morgan fingerprint density at radius 1 is 1.31 bits per heavy atom. The van der Waals surface area contributed by atoms with E-state index in [0.717, 1.165) is 42.8 Å². The van der Waals surface area contributed by atoms with Crippen molar-refractivity contribution in [2.24, 2.45) is 17.8 Å². The van der Waals surface area contributed by atoms with E-state index in [4.69, 9.17) is 0 Å². The fourth-order valence-electron chi connectivity index (χ4n) is 4.55. The van der Waals surface area contributed by atoms with Gasteiger partial charge in [-0.3, -0.25) is 4.79 Å². The number of aliphatic hydroxyl groups is 1. The van der Waals surface area contributed by atoms with Gasteiger partial charge in [0.2, 0.25) is 0 Å². The van der Waals surface area contributed by atoms with E-state index in [1.54, 1.807) is 6.33 Å². The largest absolute Gasteiger partial charge is 0.383 e. The van der Waals surface area contributed by atoms with E-state index in [-0.39, 0.29) is 11.8 Å². The van der Waals surface area contributed by atoms with Gasteiger partial charge in [0.1, 0.15) is 23.9 Å². The number of aromatic nitrogens is 3. The maximum Gasteiger partial charge on any atom is 0.251 e. The number of carbonyl (C=O) groups is 1. The molecule has 0 bridgehead atoms. The molecule has 140 valence electrons. The highest BCUT2D eigenvalue weighted by atomic mass is 16.3. The number of hydrogen-bond acceptors (Lipinski definition) is 5. The number of likely N-dealkylation sites (tertiary alicyclic amines) is 1. The minimum absolute atomic E-state index is 0.0386. The number of H-pyrrole nitrogens is 1. The quantitative estimate of drug-likeness (QED) is 0.869. The Hall–Kier alpha value is -2.15. The lowest BCUT2D eigenvalue weighted by Crippen LogP contribution is -2.41. The van der Waals surface area contributed by atoms with Gasteiger partial charge in [0.15, 0.2) is 0 Å². The Morgan fingerprint density at radius 2 is 2.00 bits per heavy atom. The second kappa shape index (κ2) is 6.54. The number of amides is 1. The molecule has 1 unspecified atom stereocenters. The normalized spacial score (nSPS) is 26.5. The molecule has 0 aromatic carbocycles. The highest BCUT2D eigenvalue weighted by Gasteiger charge is 2.44. The zero-order valence-electron chi connectivity index (χ0n) is 15.6. The molecule has 2 aromatic rings. The summed E-state index contributed by atoms with van der Waals surface area (Å²) in [6, 6.07) is 2.44. The van der Waals surface area contributed by atoms with E-state index in [0.29, 0.717) is 17.9 Å². The van der Waals surface area contributed by atoms with E-state index in [1.807, 2.05) is 31.0 Å². The number of aliphatic hydroxyl groups excluding tert-OH is 1. The van der Waals surface area contributed by atoms with Crippen LogP contribution in [0.4, 0.5) is 5.82 Å². The lowest BCUT2D eigenvalue weighted by molar-refractivity contribution is -0.141. The van der Waals surface area contributed by atoms with Crippen molar-refractivity contribution in [1.82, 2.24) is 19.9 Å². The van der Waals surface area contributed by atoms with Crippen LogP contribution in [0.3, 0.4) is 0 Å². The van der Waals surface area contributed by atoms with Crippen LogP contribution in [0.5, 0.6) is 0 Å². The molecule has 0 spiro atoms. The number of carbonyl (C=O) groups excluding carboxylic acids is 1. The third kappa shape index (κ3) is 2.84. The molecule has 1 saturated heterocycles. The molecule has 3 heterocycles. The van der Waals surface area contributed by atoms with Gasteiger partial charge in [-0.2, -0.15) is 0 Å². The molecule has 7 heteroatoms. The lowest BCUT2D eigenvalue weighted by Gasteiger charge is -2.28. The molecule has 1 saturated carbocycles. The minimum atomic E-state index is -0.879. The standard InChI is InChI=1S/C19H27N5O2/c1-11(2)16(25)19(26)24-8-12-6-14(7-13(12)9-24)23(3)18-15-4-5-20-17(15)21-10-22-18/h4-5,10-14,16,25H,6-9H2,1-3H3,(H,20,21,22)/t12-,13?,14+,16-/m1/s1. The molecule has 1 amide bonds. The Bertz CT molecular complexity index is 790. The number of aromatic amines is 1. The van der Waals surface area contributed by atoms with Crippen molar-refractivity contribution in [1.29, 1.82) is 0 Å². The molecule has 2 aliphatic rings. The van der Waals surface area contributed by atoms with E-state index in [1.165, 1.54) is 0 Å². The van der Waals surface area contributed by atoms with Crippen LogP contribution in [0, 0.1) is 17.8 Å². The van der Waals surface area contributed by atoms with Crippen LogP contribution in [0.2, 0.25) is 0 Å². The molecule has 0 radical (unpaired) electrons. The number of nitrogens with one attached hydrogen (secondary N) is 1. The molecule has 7 nitrogen and oxygen atoms in total. The average Bonchev–Trinajstić information content (AvgIpc) is 3.32. The van der Waals surface area contributed by atoms with E-state index >= 15 is 0 Å². The first kappa shape index (κ1) is 17.3. The fraction of sp³-hybridized carbons (Fsp3) is 0.632. The van der Waals surface area contributed by atoms with Gasteiger partial charge < -0.3 is 19.9 Å². The summed E-state index contributed by atoms with van der Waals surface area (Å²) in [5.74, 6) is 1.83. The molecule has 2 aromatic heterocycles. The first-order chi connectivity index (χ1) is 12.5. The molecule has 1 aliphatic heterocycles. The predicted octanol–water partition coefficient (Wildman–Crippen LogP) is 1.65. The summed E-state index contributed by atoms with van der Waals surface area (Å²) in [5, 5.41) is 11.1. The zero-order valence-corrected chi connectivity index (χ0v) is 15.6. The van der Waals surface area contributed by atoms with Crippen molar-refractivity contribution in [3.63, 3.8) is 0 Å². The Labute approximate surface area is 153 Å². The summed E-state index contributed by atoms with van der Waals surface area (Å²) in [6.07, 6.45) is 4.73. The number of fused-ring (bicyclic) bond motifs is 2. The summed E-state index contributed by atoms with van der Waals surface area (Å²) in [4.78, 5) is 28.5. The SMILES string of the molecule is CC(C)[C@@H](O)C(=O)N1CC2C[C@@H](N(C)c3ncnc4[nH]ccc34)C[C@@H]2C1. The van der Waals surface area contributed by atoms with Gasteiger partial charge >= 0.3 is 0 Å². The van der Waals surface area contributed by atoms with Crippen LogP contribution < -0.4 is 4.90 Å². The van der Waals surface area contributed by atoms with Gasteiger partial charge in [0, 0.05) is 32.4 Å². The van der Waals surface area contributed by atoms with E-state index in [9.17, 15) is 9.90 Å². The zero-order chi connectivity index (χ0) is 18.4. The number of anilines is 1. The number of rotatable bonds is 4. The summed E-state index contributed by atoms with van der Waals surface area (Å²) >= 11 is 0. The van der Waals surface area contributed by atoms with Crippen LogP contribution in [-0.4, -0.2) is 63.1 Å². The Balaban J connectivity index is 1.43. The molecular formula is C19H27N5O2. The van der Waals surface area contributed by atoms with Crippen LogP contribution in [0.1, 0.15) is 26.7 Å². The predicted molar refractivity (Wildman–Crippen MR) is 99.7 cm³/mol. The first-order valence-electron chi connectivity index (χ1n) is 9.43. The summed E-state index contributed by atoms with van der Waals surface area (Å²) in [5.41, 5.74) is 0.861. The van der Waals surface area contributed by atoms with Crippen molar-refractivity contribution < 1.29 is 9.90 Å². The fourth-order valence-corrected chi connectivity index (χ4v) is 4.55. The Kier molecular flexibility index (Phi) is 4.34. The third-order valence-corrected chi connectivity index (χ3v) is 6.14. The maximum absolute atomic E-state index is 12.4. The van der Waals surface area contributed by atoms with E-state index < -0.39 is 6.10 Å². The van der Waals surface area contributed by atoms with Crippen molar-refractivity contribution in [3.05, 3.63) is 18.6 Å². The summed E-state index contributed by atoms with van der Waals surface area (Å²) in [7, 11) is 2.10. The highest BCUT2D eigenvalue weighted by Crippen LogP contribution is 2.41. The maximum atomic E-state index is 12.4. The molecule has 2 N–H and O–H groups in total. The first-order valence-corrected chi connectivity index (χ1v) is 9.43. The summed E-state index contributed by atoms with van der Waals surface area (Å²) in [6.45, 7) is 5.30. The third-order valence-electron chi connectivity index (χ3n) is 6.14. The van der Waals surface area contributed by atoms with Gasteiger partial charge in [-0.15, -0.1) is 0 Å². The van der Waals surface area contributed by atoms with Crippen molar-refractivity contribution in [2.45, 2.75) is 38.8 Å². The highest BCUT2D eigenvalue weighted by molar-refractivity contribution is 5.87. The van der Waals surface area contributed by atoms with Gasteiger partial charge in [0.05, 0.1) is 5.39 Å². The van der Waals surface area contributed by atoms with Crippen LogP contribution >= 0.6 is 0 Å². The second-order valence-electron chi connectivity index (χ2n) is 8.13. The van der Waals surface area contributed by atoms with Gasteiger partial charge in [-0.05, 0) is 36.7 Å².